The van der Waals surface area contributed by atoms with Crippen LogP contribution in [0.15, 0.2) is 60.0 Å². The first-order valence-electron chi connectivity index (χ1n) is 7.47. The number of aromatic nitrogens is 2. The third-order valence-electron chi connectivity index (χ3n) is 3.54. The van der Waals surface area contributed by atoms with Crippen LogP contribution in [-0.2, 0) is 10.0 Å². The highest BCUT2D eigenvalue weighted by Crippen LogP contribution is 2.27. The maximum absolute atomic E-state index is 13.9. The van der Waals surface area contributed by atoms with E-state index in [1.807, 2.05) is 30.3 Å². The van der Waals surface area contributed by atoms with Gasteiger partial charge in [0, 0.05) is 5.57 Å². The molecule has 0 saturated heterocycles. The van der Waals surface area contributed by atoms with E-state index in [0.717, 1.165) is 35.1 Å². The number of sulfonamides is 1. The van der Waals surface area contributed by atoms with E-state index in [-0.39, 0.29) is 10.0 Å². The molecule has 0 bridgehead atoms. The number of anilines is 1. The molecule has 3 rings (SSSR count). The van der Waals surface area contributed by atoms with Crippen LogP contribution in [0.5, 0.6) is 0 Å². The Morgan fingerprint density at radius 3 is 2.52 bits per heavy atom. The summed E-state index contributed by atoms with van der Waals surface area (Å²) in [4.78, 5) is 11.9. The molecular formula is C17H13FN4O3S2. The quantitative estimate of drug-likeness (QED) is 0.678. The topological polar surface area (TPSA) is 115 Å². The van der Waals surface area contributed by atoms with Gasteiger partial charge in [0.1, 0.15) is 10.8 Å². The summed E-state index contributed by atoms with van der Waals surface area (Å²) < 4.78 is 36.7. The van der Waals surface area contributed by atoms with Crippen LogP contribution in [0.3, 0.4) is 0 Å². The van der Waals surface area contributed by atoms with Gasteiger partial charge >= 0.3 is 0 Å². The van der Waals surface area contributed by atoms with Crippen molar-refractivity contribution >= 4 is 38.0 Å². The number of nitrogens with one attached hydrogen (secondary N) is 1. The normalized spacial score (nSPS) is 11.2. The molecule has 138 valence electrons. The predicted octanol–water partition coefficient (Wildman–Crippen LogP) is 2.64. The zero-order chi connectivity index (χ0) is 19.6. The Labute approximate surface area is 158 Å². The van der Waals surface area contributed by atoms with Gasteiger partial charge in [0.25, 0.3) is 5.91 Å². The molecule has 0 radical (unpaired) electrons. The molecular weight excluding hydrogens is 391 g/mol. The molecule has 0 unspecified atom stereocenters. The molecule has 10 heteroatoms. The number of amides is 1. The van der Waals surface area contributed by atoms with Crippen molar-refractivity contribution in [1.82, 2.24) is 10.2 Å². The Morgan fingerprint density at radius 1 is 1.15 bits per heavy atom. The summed E-state index contributed by atoms with van der Waals surface area (Å²) in [6.45, 7) is 3.95. The monoisotopic (exact) mass is 404 g/mol. The van der Waals surface area contributed by atoms with Crippen molar-refractivity contribution < 1.29 is 17.6 Å². The number of nitrogens with two attached hydrogens (primary N) is 1. The lowest BCUT2D eigenvalue weighted by molar-refractivity contribution is 0.102. The average molecular weight is 404 g/mol. The molecule has 1 heterocycles. The third-order valence-corrected chi connectivity index (χ3v) is 5.35. The van der Waals surface area contributed by atoms with Crippen molar-refractivity contribution in [3.05, 3.63) is 77.1 Å². The van der Waals surface area contributed by atoms with Crippen LogP contribution in [0.1, 0.15) is 20.9 Å². The largest absolute Gasteiger partial charge is 0.296 e. The molecule has 3 N–H and O–H groups in total. The fourth-order valence-electron chi connectivity index (χ4n) is 2.18. The fourth-order valence-corrected chi connectivity index (χ4v) is 3.45. The van der Waals surface area contributed by atoms with Gasteiger partial charge in [-0.05, 0) is 23.8 Å². The average Bonchev–Trinajstić information content (AvgIpc) is 3.09. The Bertz CT molecular complexity index is 1130. The minimum Gasteiger partial charge on any atom is -0.296 e. The molecule has 0 aliphatic carbocycles. The molecule has 0 saturated carbocycles. The second-order valence-electron chi connectivity index (χ2n) is 5.40. The van der Waals surface area contributed by atoms with E-state index in [1.54, 1.807) is 0 Å². The van der Waals surface area contributed by atoms with Crippen molar-refractivity contribution in [3.8, 4) is 0 Å². The first kappa shape index (κ1) is 18.8. The number of nitrogens with zero attached hydrogens (tertiary/aromatic N) is 2. The summed E-state index contributed by atoms with van der Waals surface area (Å²) in [7, 11) is -4.07. The zero-order valence-electron chi connectivity index (χ0n) is 13.7. The van der Waals surface area contributed by atoms with E-state index < -0.39 is 27.3 Å². The van der Waals surface area contributed by atoms with E-state index in [9.17, 15) is 17.6 Å². The van der Waals surface area contributed by atoms with Crippen LogP contribution in [0.2, 0.25) is 0 Å². The number of primary sulfonamides is 1. The van der Waals surface area contributed by atoms with Crippen LogP contribution in [0.25, 0.3) is 5.57 Å². The summed E-state index contributed by atoms with van der Waals surface area (Å²) in [6.07, 6.45) is 0. The molecule has 2 aromatic carbocycles. The minimum absolute atomic E-state index is 0.118. The summed E-state index contributed by atoms with van der Waals surface area (Å²) in [6, 6.07) is 12.0. The number of rotatable bonds is 5. The smallest absolute Gasteiger partial charge is 0.260 e. The third kappa shape index (κ3) is 4.25. The van der Waals surface area contributed by atoms with E-state index >= 15 is 0 Å². The van der Waals surface area contributed by atoms with Gasteiger partial charge in [-0.15, -0.1) is 10.2 Å². The van der Waals surface area contributed by atoms with Gasteiger partial charge in [-0.25, -0.2) is 17.9 Å². The number of benzene rings is 2. The Hall–Kier alpha value is -2.95. The molecule has 0 aliphatic heterocycles. The highest BCUT2D eigenvalue weighted by atomic mass is 32.2. The number of carbonyl (C=O) groups excluding carboxylic acids is 1. The molecule has 0 fully saturated rings. The van der Waals surface area contributed by atoms with Crippen LogP contribution in [0.4, 0.5) is 9.52 Å². The lowest BCUT2D eigenvalue weighted by Gasteiger charge is -2.05. The second kappa shape index (κ2) is 7.35. The Morgan fingerprint density at radius 2 is 1.85 bits per heavy atom. The standard InChI is InChI=1S/C17H13FN4O3S2/c1-10(11-5-3-2-4-6-11)16-21-22-17(26-16)20-15(23)13-9-12(27(19,24)25)7-8-14(13)18/h2-9H,1H2,(H2,19,24,25)(H,20,22,23). The Balaban J connectivity index is 1.82. The van der Waals surface area contributed by atoms with Crippen molar-refractivity contribution in [2.75, 3.05) is 5.32 Å². The highest BCUT2D eigenvalue weighted by molar-refractivity contribution is 7.89. The zero-order valence-corrected chi connectivity index (χ0v) is 15.3. The molecule has 0 atom stereocenters. The van der Waals surface area contributed by atoms with E-state index in [4.69, 9.17) is 5.14 Å². The number of carbonyl (C=O) groups is 1. The van der Waals surface area contributed by atoms with Crippen molar-refractivity contribution in [2.45, 2.75) is 4.90 Å². The number of hydrogen-bond donors (Lipinski definition) is 2. The van der Waals surface area contributed by atoms with Gasteiger partial charge in [0.05, 0.1) is 10.5 Å². The van der Waals surface area contributed by atoms with Crippen LogP contribution >= 0.6 is 11.3 Å². The molecule has 0 aliphatic rings. The number of hydrogen-bond acceptors (Lipinski definition) is 6. The van der Waals surface area contributed by atoms with E-state index in [1.165, 1.54) is 0 Å². The van der Waals surface area contributed by atoms with Crippen molar-refractivity contribution in [3.63, 3.8) is 0 Å². The maximum Gasteiger partial charge on any atom is 0.260 e. The summed E-state index contributed by atoms with van der Waals surface area (Å²) in [5.74, 6) is -1.76. The van der Waals surface area contributed by atoms with Crippen LogP contribution in [0, 0.1) is 5.82 Å². The van der Waals surface area contributed by atoms with Gasteiger partial charge < -0.3 is 0 Å². The van der Waals surface area contributed by atoms with Gasteiger partial charge in [0.2, 0.25) is 15.2 Å². The maximum atomic E-state index is 13.9. The van der Waals surface area contributed by atoms with Gasteiger partial charge in [-0.1, -0.05) is 48.2 Å². The van der Waals surface area contributed by atoms with Crippen LogP contribution < -0.4 is 10.5 Å². The Kier molecular flexibility index (Phi) is 5.13. The molecule has 1 aromatic heterocycles. The SMILES string of the molecule is C=C(c1ccccc1)c1nnc(NC(=O)c2cc(S(N)(=O)=O)ccc2F)s1. The second-order valence-corrected chi connectivity index (χ2v) is 7.94. The summed E-state index contributed by atoms with van der Waals surface area (Å²) in [5, 5.41) is 15.8. The van der Waals surface area contributed by atoms with Gasteiger partial charge in [-0.2, -0.15) is 0 Å². The number of halogens is 1. The summed E-state index contributed by atoms with van der Waals surface area (Å²) >= 11 is 1.06. The minimum atomic E-state index is -4.07. The predicted molar refractivity (Wildman–Crippen MR) is 100 cm³/mol. The van der Waals surface area contributed by atoms with E-state index in [0.29, 0.717) is 10.6 Å². The fraction of sp³-hybridized carbons (Fsp3) is 0. The van der Waals surface area contributed by atoms with Crippen LogP contribution in [-0.4, -0.2) is 24.5 Å². The molecule has 1 amide bonds. The molecule has 7 nitrogen and oxygen atoms in total. The lowest BCUT2D eigenvalue weighted by Crippen LogP contribution is -2.17. The molecule has 0 spiro atoms. The van der Waals surface area contributed by atoms with E-state index in [2.05, 4.69) is 22.1 Å². The van der Waals surface area contributed by atoms with Gasteiger partial charge in [-0.3, -0.25) is 10.1 Å². The molecule has 27 heavy (non-hydrogen) atoms. The van der Waals surface area contributed by atoms with Crippen molar-refractivity contribution in [2.24, 2.45) is 5.14 Å². The highest BCUT2D eigenvalue weighted by Gasteiger charge is 2.19. The molecule has 3 aromatic rings. The van der Waals surface area contributed by atoms with Crippen molar-refractivity contribution in [1.29, 1.82) is 0 Å². The summed E-state index contributed by atoms with van der Waals surface area (Å²) in [5.41, 5.74) is 0.995. The lowest BCUT2D eigenvalue weighted by atomic mass is 10.1. The van der Waals surface area contributed by atoms with Gasteiger partial charge in [0.15, 0.2) is 0 Å². The first-order chi connectivity index (χ1) is 12.8. The first-order valence-corrected chi connectivity index (χ1v) is 9.84.